The number of alkyl halides is 2. The molecule has 2 rings (SSSR count). The van der Waals surface area contributed by atoms with E-state index in [1.54, 1.807) is 19.1 Å². The van der Waals surface area contributed by atoms with Crippen LogP contribution in [0.2, 0.25) is 0 Å². The molecule has 1 amide bonds. The zero-order chi connectivity index (χ0) is 15.6. The second kappa shape index (κ2) is 5.67. The number of ether oxygens (including phenoxy) is 1. The first-order chi connectivity index (χ1) is 9.85. The molecule has 0 aliphatic heterocycles. The lowest BCUT2D eigenvalue weighted by Gasteiger charge is -2.13. The smallest absolute Gasteiger partial charge is 0.319 e. The minimum absolute atomic E-state index is 0.230. The monoisotopic (exact) mass is 299 g/mol. The molecule has 0 unspecified atom stereocenters. The third kappa shape index (κ3) is 3.29. The van der Waals surface area contributed by atoms with E-state index in [1.807, 2.05) is 0 Å². The first-order valence-electron chi connectivity index (χ1n) is 6.41. The maximum atomic E-state index is 12.2. The summed E-state index contributed by atoms with van der Waals surface area (Å²) in [5.74, 6) is -1.52. The van der Waals surface area contributed by atoms with Crippen LogP contribution in [0.4, 0.5) is 14.5 Å². The standard InChI is InChI=1S/C14H15F2NO4/c1-8-2-3-9(6-10(8)21-7-11(15)16)17-12(18)14(4-5-14)13(19)20/h2-3,6,11H,4-5,7H2,1H3,(H,17,18)(H,19,20). The Bertz CT molecular complexity index is 570. The molecular weight excluding hydrogens is 284 g/mol. The molecule has 0 heterocycles. The zero-order valence-corrected chi connectivity index (χ0v) is 11.4. The van der Waals surface area contributed by atoms with Gasteiger partial charge in [0.1, 0.15) is 17.8 Å². The molecule has 0 spiro atoms. The Hall–Kier alpha value is -2.18. The molecule has 1 aromatic carbocycles. The topological polar surface area (TPSA) is 75.6 Å². The maximum Gasteiger partial charge on any atom is 0.319 e. The van der Waals surface area contributed by atoms with Gasteiger partial charge in [0, 0.05) is 11.8 Å². The molecule has 0 radical (unpaired) electrons. The second-order valence-electron chi connectivity index (χ2n) is 5.02. The van der Waals surface area contributed by atoms with Crippen molar-refractivity contribution in [3.8, 4) is 5.75 Å². The zero-order valence-electron chi connectivity index (χ0n) is 11.4. The Morgan fingerprint density at radius 1 is 1.43 bits per heavy atom. The Balaban J connectivity index is 2.09. The molecule has 1 aliphatic carbocycles. The molecule has 7 heteroatoms. The van der Waals surface area contributed by atoms with Crippen molar-refractivity contribution in [2.45, 2.75) is 26.2 Å². The fraction of sp³-hybridized carbons (Fsp3) is 0.429. The number of carbonyl (C=O) groups is 2. The fourth-order valence-corrected chi connectivity index (χ4v) is 1.90. The number of amides is 1. The summed E-state index contributed by atoms with van der Waals surface area (Å²) < 4.78 is 29.3. The van der Waals surface area contributed by atoms with Gasteiger partial charge in [-0.3, -0.25) is 9.59 Å². The molecule has 0 bridgehead atoms. The normalized spacial score (nSPS) is 15.6. The van der Waals surface area contributed by atoms with Crippen LogP contribution in [-0.4, -0.2) is 30.0 Å². The van der Waals surface area contributed by atoms with Crippen molar-refractivity contribution >= 4 is 17.6 Å². The lowest BCUT2D eigenvalue weighted by molar-refractivity contribution is -0.147. The number of benzene rings is 1. The molecular formula is C14H15F2NO4. The van der Waals surface area contributed by atoms with Gasteiger partial charge in [-0.1, -0.05) is 6.07 Å². The van der Waals surface area contributed by atoms with Gasteiger partial charge in [-0.15, -0.1) is 0 Å². The van der Waals surface area contributed by atoms with E-state index in [1.165, 1.54) is 6.07 Å². The van der Waals surface area contributed by atoms with Gasteiger partial charge in [-0.05, 0) is 31.4 Å². The summed E-state index contributed by atoms with van der Waals surface area (Å²) in [7, 11) is 0. The molecule has 2 N–H and O–H groups in total. The highest BCUT2D eigenvalue weighted by Gasteiger charge is 2.57. The van der Waals surface area contributed by atoms with E-state index in [9.17, 15) is 18.4 Å². The van der Waals surface area contributed by atoms with Crippen LogP contribution < -0.4 is 10.1 Å². The van der Waals surface area contributed by atoms with Crippen molar-refractivity contribution in [1.29, 1.82) is 0 Å². The molecule has 1 aliphatic rings. The largest absolute Gasteiger partial charge is 0.487 e. The van der Waals surface area contributed by atoms with Crippen LogP contribution in [0.25, 0.3) is 0 Å². The number of carboxylic acids is 1. The van der Waals surface area contributed by atoms with Crippen LogP contribution in [-0.2, 0) is 9.59 Å². The van der Waals surface area contributed by atoms with E-state index in [0.717, 1.165) is 0 Å². The van der Waals surface area contributed by atoms with Crippen LogP contribution in [0.3, 0.4) is 0 Å². The second-order valence-corrected chi connectivity index (χ2v) is 5.02. The first-order valence-corrected chi connectivity index (χ1v) is 6.41. The molecule has 0 saturated heterocycles. The number of carbonyl (C=O) groups excluding carboxylic acids is 1. The van der Waals surface area contributed by atoms with Crippen molar-refractivity contribution < 1.29 is 28.2 Å². The van der Waals surface area contributed by atoms with Crippen molar-refractivity contribution in [3.63, 3.8) is 0 Å². The number of nitrogens with one attached hydrogen (secondary N) is 1. The van der Waals surface area contributed by atoms with Gasteiger partial charge in [0.25, 0.3) is 6.43 Å². The van der Waals surface area contributed by atoms with E-state index >= 15 is 0 Å². The van der Waals surface area contributed by atoms with Crippen LogP contribution in [0.5, 0.6) is 5.75 Å². The van der Waals surface area contributed by atoms with Gasteiger partial charge >= 0.3 is 5.97 Å². The summed E-state index contributed by atoms with van der Waals surface area (Å²) >= 11 is 0. The predicted molar refractivity (Wildman–Crippen MR) is 70.6 cm³/mol. The van der Waals surface area contributed by atoms with Crippen LogP contribution in [0.15, 0.2) is 18.2 Å². The highest BCUT2D eigenvalue weighted by molar-refractivity contribution is 6.10. The Morgan fingerprint density at radius 2 is 2.10 bits per heavy atom. The van der Waals surface area contributed by atoms with Crippen molar-refractivity contribution in [2.75, 3.05) is 11.9 Å². The predicted octanol–water partition coefficient (Wildman–Crippen LogP) is 2.44. The lowest BCUT2D eigenvalue weighted by atomic mass is 10.1. The number of aliphatic carboxylic acids is 1. The summed E-state index contributed by atoms with van der Waals surface area (Å²) in [4.78, 5) is 23.0. The number of hydrogen-bond acceptors (Lipinski definition) is 3. The van der Waals surface area contributed by atoms with Crippen molar-refractivity contribution in [2.24, 2.45) is 5.41 Å². The summed E-state index contributed by atoms with van der Waals surface area (Å²) in [6.07, 6.45) is -1.99. The molecule has 21 heavy (non-hydrogen) atoms. The minimum atomic E-state index is -2.59. The minimum Gasteiger partial charge on any atom is -0.487 e. The Labute approximate surface area is 119 Å². The number of hydrogen-bond donors (Lipinski definition) is 2. The molecule has 5 nitrogen and oxygen atoms in total. The van der Waals surface area contributed by atoms with Crippen molar-refractivity contribution in [1.82, 2.24) is 0 Å². The first kappa shape index (κ1) is 15.2. The van der Waals surface area contributed by atoms with E-state index in [-0.39, 0.29) is 5.75 Å². The van der Waals surface area contributed by atoms with E-state index in [4.69, 9.17) is 9.84 Å². The number of halogens is 2. The highest BCUT2D eigenvalue weighted by atomic mass is 19.3. The number of aryl methyl sites for hydroxylation is 1. The van der Waals surface area contributed by atoms with Crippen LogP contribution in [0, 0.1) is 12.3 Å². The molecule has 0 aromatic heterocycles. The summed E-state index contributed by atoms with van der Waals surface area (Å²) in [6, 6.07) is 4.59. The van der Waals surface area contributed by atoms with Gasteiger partial charge in [0.05, 0.1) is 0 Å². The number of rotatable bonds is 6. The van der Waals surface area contributed by atoms with Gasteiger partial charge in [-0.25, -0.2) is 8.78 Å². The average molecular weight is 299 g/mol. The SMILES string of the molecule is Cc1ccc(NC(=O)C2(C(=O)O)CC2)cc1OCC(F)F. The third-order valence-electron chi connectivity index (χ3n) is 3.40. The highest BCUT2D eigenvalue weighted by Crippen LogP contribution is 2.46. The Kier molecular flexibility index (Phi) is 4.11. The maximum absolute atomic E-state index is 12.2. The quantitative estimate of drug-likeness (QED) is 0.791. The Morgan fingerprint density at radius 3 is 2.62 bits per heavy atom. The van der Waals surface area contributed by atoms with Crippen LogP contribution >= 0.6 is 0 Å². The summed E-state index contributed by atoms with van der Waals surface area (Å²) in [5, 5.41) is 11.5. The van der Waals surface area contributed by atoms with Gasteiger partial charge in [0.2, 0.25) is 5.91 Å². The van der Waals surface area contributed by atoms with Crippen molar-refractivity contribution in [3.05, 3.63) is 23.8 Å². The molecule has 0 atom stereocenters. The summed E-state index contributed by atoms with van der Waals surface area (Å²) in [6.45, 7) is 0.948. The average Bonchev–Trinajstić information content (AvgIpc) is 3.20. The molecule has 1 fully saturated rings. The molecule has 114 valence electrons. The van der Waals surface area contributed by atoms with Gasteiger partial charge in [0.15, 0.2) is 0 Å². The third-order valence-corrected chi connectivity index (χ3v) is 3.40. The number of anilines is 1. The van der Waals surface area contributed by atoms with Gasteiger partial charge < -0.3 is 15.2 Å². The molecule has 1 aromatic rings. The lowest BCUT2D eigenvalue weighted by Crippen LogP contribution is -2.31. The van der Waals surface area contributed by atoms with Crippen LogP contribution in [0.1, 0.15) is 18.4 Å². The number of carboxylic acid groups (broad SMARTS) is 1. The van der Waals surface area contributed by atoms with E-state index < -0.39 is 30.3 Å². The molecule has 1 saturated carbocycles. The van der Waals surface area contributed by atoms with E-state index in [0.29, 0.717) is 24.1 Å². The van der Waals surface area contributed by atoms with E-state index in [2.05, 4.69) is 5.32 Å². The fourth-order valence-electron chi connectivity index (χ4n) is 1.90. The summed E-state index contributed by atoms with van der Waals surface area (Å²) in [5.41, 5.74) is -0.384. The van der Waals surface area contributed by atoms with Gasteiger partial charge in [-0.2, -0.15) is 0 Å².